The van der Waals surface area contributed by atoms with E-state index in [0.29, 0.717) is 16.9 Å². The first-order valence-electron chi connectivity index (χ1n) is 16.3. The van der Waals surface area contributed by atoms with Crippen LogP contribution in [0.4, 0.5) is 26.5 Å². The van der Waals surface area contributed by atoms with Gasteiger partial charge in [0.1, 0.15) is 17.6 Å². The standard InChI is InChI=1S/C37H39FN6O8S.ClH/c1-22(23-7-12-26(38)13-8-23)33(45)40-27-14-9-24(10-15-27)25-11-18-31-41-35(42-43(31)20-25)44(29-17-16-28(53(6,48)49)19-30(29)50-5)36(47)52-21-51-34(46)32(39)37(2,3)4;/h7-20,22,32H,21,39H2,1-6H3,(H,40,45);1H/t22-,32-;/m1./s1. The van der Waals surface area contributed by atoms with Crippen molar-refractivity contribution in [3.63, 3.8) is 0 Å². The zero-order valence-corrected chi connectivity index (χ0v) is 31.9. The molecule has 3 N–H and O–H groups in total. The number of nitrogens with zero attached hydrogens (tertiary/aromatic N) is 4. The van der Waals surface area contributed by atoms with E-state index < -0.39 is 46.1 Å². The highest BCUT2D eigenvalue weighted by Crippen LogP contribution is 2.35. The van der Waals surface area contributed by atoms with Crippen LogP contribution in [-0.4, -0.2) is 67.2 Å². The Labute approximate surface area is 317 Å². The first kappa shape index (κ1) is 41.2. The summed E-state index contributed by atoms with van der Waals surface area (Å²) < 4.78 is 55.1. The Morgan fingerprint density at radius 3 is 2.22 bits per heavy atom. The van der Waals surface area contributed by atoms with Gasteiger partial charge in [-0.05, 0) is 72.0 Å². The third-order valence-electron chi connectivity index (χ3n) is 8.34. The van der Waals surface area contributed by atoms with E-state index in [1.807, 2.05) is 12.1 Å². The fraction of sp³-hybridized carbons (Fsp3) is 0.270. The molecule has 2 atom stereocenters. The lowest BCUT2D eigenvalue weighted by atomic mass is 9.87. The third kappa shape index (κ3) is 9.50. The van der Waals surface area contributed by atoms with Crippen molar-refractivity contribution in [2.45, 2.75) is 44.6 Å². The predicted molar refractivity (Wildman–Crippen MR) is 202 cm³/mol. The second-order valence-corrected chi connectivity index (χ2v) is 15.3. The Morgan fingerprint density at radius 2 is 1.61 bits per heavy atom. The van der Waals surface area contributed by atoms with Gasteiger partial charge in [0.25, 0.3) is 5.95 Å². The van der Waals surface area contributed by atoms with E-state index in [2.05, 4.69) is 15.4 Å². The molecule has 286 valence electrons. The van der Waals surface area contributed by atoms with E-state index in [4.69, 9.17) is 19.9 Å². The number of carbonyl (C=O) groups excluding carboxylic acids is 3. The molecule has 54 heavy (non-hydrogen) atoms. The van der Waals surface area contributed by atoms with Gasteiger partial charge in [-0.25, -0.2) is 27.0 Å². The second kappa shape index (κ2) is 16.6. The normalized spacial score (nSPS) is 12.6. The minimum absolute atomic E-state index is 0. The number of fused-ring (bicyclic) bond motifs is 1. The highest BCUT2D eigenvalue weighted by Gasteiger charge is 2.31. The second-order valence-electron chi connectivity index (χ2n) is 13.2. The zero-order valence-electron chi connectivity index (χ0n) is 30.3. The Morgan fingerprint density at radius 1 is 0.963 bits per heavy atom. The topological polar surface area (TPSA) is 185 Å². The van der Waals surface area contributed by atoms with E-state index in [-0.39, 0.29) is 46.4 Å². The molecule has 2 heterocycles. The third-order valence-corrected chi connectivity index (χ3v) is 9.45. The van der Waals surface area contributed by atoms with E-state index in [0.717, 1.165) is 22.3 Å². The number of carbonyl (C=O) groups is 3. The van der Waals surface area contributed by atoms with Gasteiger partial charge in [-0.2, -0.15) is 4.98 Å². The minimum Gasteiger partial charge on any atom is -0.495 e. The van der Waals surface area contributed by atoms with Gasteiger partial charge < -0.3 is 25.3 Å². The number of esters is 1. The van der Waals surface area contributed by atoms with Crippen LogP contribution in [0.15, 0.2) is 90.0 Å². The fourth-order valence-corrected chi connectivity index (χ4v) is 5.68. The van der Waals surface area contributed by atoms with Gasteiger partial charge in [0.05, 0.1) is 23.6 Å². The maximum Gasteiger partial charge on any atom is 0.424 e. The van der Waals surface area contributed by atoms with Crippen LogP contribution in [0.2, 0.25) is 0 Å². The van der Waals surface area contributed by atoms with Crippen molar-refractivity contribution in [3.8, 4) is 16.9 Å². The number of pyridine rings is 1. The molecule has 2 aromatic heterocycles. The molecular formula is C37H40ClFN6O8S. The van der Waals surface area contributed by atoms with Crippen LogP contribution in [-0.2, 0) is 28.9 Å². The van der Waals surface area contributed by atoms with Gasteiger partial charge in [0, 0.05) is 29.8 Å². The van der Waals surface area contributed by atoms with Crippen molar-refractivity contribution in [3.05, 3.63) is 96.4 Å². The van der Waals surface area contributed by atoms with Crippen molar-refractivity contribution in [1.82, 2.24) is 14.6 Å². The Bertz CT molecular complexity index is 2260. The molecule has 0 saturated heterocycles. The number of rotatable bonds is 11. The van der Waals surface area contributed by atoms with Crippen molar-refractivity contribution in [1.29, 1.82) is 0 Å². The summed E-state index contributed by atoms with van der Waals surface area (Å²) >= 11 is 0. The maximum absolute atomic E-state index is 13.6. The van der Waals surface area contributed by atoms with E-state index >= 15 is 0 Å². The zero-order chi connectivity index (χ0) is 38.7. The molecule has 5 rings (SSSR count). The molecular weight excluding hydrogens is 743 g/mol. The average molecular weight is 783 g/mol. The number of sulfone groups is 1. The van der Waals surface area contributed by atoms with Crippen molar-refractivity contribution in [2.75, 3.05) is 30.4 Å². The molecule has 0 bridgehead atoms. The van der Waals surface area contributed by atoms with Crippen LogP contribution < -0.4 is 20.7 Å². The van der Waals surface area contributed by atoms with Gasteiger partial charge in [-0.3, -0.25) is 9.59 Å². The van der Waals surface area contributed by atoms with Crippen molar-refractivity contribution < 1.29 is 41.4 Å². The highest BCUT2D eigenvalue weighted by molar-refractivity contribution is 7.90. The Kier molecular flexibility index (Phi) is 12.7. The summed E-state index contributed by atoms with van der Waals surface area (Å²) in [5.41, 5.74) is 8.48. The quantitative estimate of drug-likeness (QED) is 0.114. The first-order chi connectivity index (χ1) is 25.0. The molecule has 0 saturated carbocycles. The molecule has 0 aliphatic carbocycles. The van der Waals surface area contributed by atoms with Crippen LogP contribution in [0.5, 0.6) is 5.75 Å². The summed E-state index contributed by atoms with van der Waals surface area (Å²) in [6, 6.07) is 19.2. The van der Waals surface area contributed by atoms with E-state index in [1.165, 1.54) is 42.0 Å². The average Bonchev–Trinajstić information content (AvgIpc) is 3.53. The van der Waals surface area contributed by atoms with Crippen LogP contribution in [0, 0.1) is 11.2 Å². The summed E-state index contributed by atoms with van der Waals surface area (Å²) in [5, 5.41) is 7.38. The molecule has 0 aliphatic heterocycles. The molecule has 0 spiro atoms. The summed E-state index contributed by atoms with van der Waals surface area (Å²) in [7, 11) is -2.33. The van der Waals surface area contributed by atoms with Crippen LogP contribution in [0.25, 0.3) is 16.8 Å². The number of amides is 2. The number of aromatic nitrogens is 3. The SMILES string of the molecule is COc1cc(S(C)(=O)=O)ccc1N(C(=O)OCOC(=O)[C@@H](N)C(C)(C)C)c1nc2ccc(-c3ccc(NC(=O)[C@H](C)c4ccc(F)cc4)cc3)cn2n1.Cl. The van der Waals surface area contributed by atoms with Gasteiger partial charge in [-0.1, -0.05) is 45.0 Å². The minimum atomic E-state index is -3.64. The van der Waals surface area contributed by atoms with Gasteiger partial charge >= 0.3 is 12.1 Å². The molecule has 5 aromatic rings. The van der Waals surface area contributed by atoms with Gasteiger partial charge in [0.15, 0.2) is 15.5 Å². The number of nitrogens with one attached hydrogen (secondary N) is 1. The predicted octanol–water partition coefficient (Wildman–Crippen LogP) is 6.26. The van der Waals surface area contributed by atoms with E-state index in [9.17, 15) is 27.2 Å². The lowest BCUT2D eigenvalue weighted by Gasteiger charge is -2.25. The number of hydrogen-bond acceptors (Lipinski definition) is 11. The number of nitrogens with two attached hydrogens (primary N) is 1. The van der Waals surface area contributed by atoms with Crippen molar-refractivity contribution >= 4 is 63.2 Å². The van der Waals surface area contributed by atoms with Crippen LogP contribution in [0.3, 0.4) is 0 Å². The molecule has 3 aromatic carbocycles. The Balaban J connectivity index is 0.00000650. The number of anilines is 3. The number of ether oxygens (including phenoxy) is 3. The summed E-state index contributed by atoms with van der Waals surface area (Å²) in [6.45, 7) is 6.23. The molecule has 14 nitrogen and oxygen atoms in total. The van der Waals surface area contributed by atoms with Crippen molar-refractivity contribution in [2.24, 2.45) is 11.1 Å². The molecule has 0 radical (unpaired) electrons. The number of halogens is 2. The highest BCUT2D eigenvalue weighted by atomic mass is 35.5. The molecule has 0 aliphatic rings. The Hall–Kier alpha value is -5.58. The number of hydrogen-bond donors (Lipinski definition) is 2. The van der Waals surface area contributed by atoms with Crippen LogP contribution >= 0.6 is 12.4 Å². The lowest BCUT2D eigenvalue weighted by Crippen LogP contribution is -2.43. The monoisotopic (exact) mass is 782 g/mol. The fourth-order valence-electron chi connectivity index (χ4n) is 5.04. The molecule has 2 amide bonds. The van der Waals surface area contributed by atoms with E-state index in [1.54, 1.807) is 70.3 Å². The lowest BCUT2D eigenvalue weighted by molar-refractivity contribution is -0.155. The summed E-state index contributed by atoms with van der Waals surface area (Å²) in [4.78, 5) is 44.3. The van der Waals surface area contributed by atoms with Gasteiger partial charge in [0.2, 0.25) is 12.7 Å². The van der Waals surface area contributed by atoms with Gasteiger partial charge in [-0.15, -0.1) is 17.5 Å². The maximum atomic E-state index is 13.6. The van der Waals surface area contributed by atoms with Crippen LogP contribution in [0.1, 0.15) is 39.2 Å². The number of methoxy groups -OCH3 is 1. The largest absolute Gasteiger partial charge is 0.495 e. The first-order valence-corrected chi connectivity index (χ1v) is 18.2. The summed E-state index contributed by atoms with van der Waals surface area (Å²) in [6.07, 6.45) is 1.65. The number of benzene rings is 3. The molecule has 17 heteroatoms. The molecule has 0 unspecified atom stereocenters. The smallest absolute Gasteiger partial charge is 0.424 e. The summed E-state index contributed by atoms with van der Waals surface area (Å²) in [5.74, 6) is -2.08. The molecule has 0 fully saturated rings.